The van der Waals surface area contributed by atoms with Crippen LogP contribution in [-0.4, -0.2) is 12.3 Å². The van der Waals surface area contributed by atoms with Gasteiger partial charge in [0.05, 0.1) is 10.7 Å². The van der Waals surface area contributed by atoms with Crippen molar-refractivity contribution in [2.24, 2.45) is 5.92 Å². The number of ketones is 1. The maximum Gasteiger partial charge on any atom is 0.132 e. The van der Waals surface area contributed by atoms with E-state index < -0.39 is 0 Å². The second-order valence-electron chi connectivity index (χ2n) is 4.34. The topological polar surface area (TPSA) is 29.1 Å². The Kier molecular flexibility index (Phi) is 3.83. The van der Waals surface area contributed by atoms with Crippen LogP contribution in [0.1, 0.15) is 25.7 Å². The molecule has 0 amide bonds. The van der Waals surface area contributed by atoms with E-state index in [1.807, 2.05) is 24.3 Å². The Hall–Kier alpha value is -1.02. The van der Waals surface area contributed by atoms with Gasteiger partial charge in [-0.1, -0.05) is 23.7 Å². The minimum atomic E-state index is 0.411. The molecule has 0 unspecified atom stereocenters. The number of para-hydroxylation sites is 1. The van der Waals surface area contributed by atoms with E-state index in [1.165, 1.54) is 0 Å². The summed E-state index contributed by atoms with van der Waals surface area (Å²) in [7, 11) is 0. The highest BCUT2D eigenvalue weighted by atomic mass is 35.5. The standard InChI is InChI=1S/C13H16ClNO/c14-12-3-1-2-4-13(12)15-9-10-5-7-11(16)8-6-10/h1-4,10,15H,5-9H2. The summed E-state index contributed by atoms with van der Waals surface area (Å²) in [4.78, 5) is 11.1. The van der Waals surface area contributed by atoms with E-state index >= 15 is 0 Å². The molecule has 16 heavy (non-hydrogen) atoms. The van der Waals surface area contributed by atoms with Crippen LogP contribution >= 0.6 is 11.6 Å². The SMILES string of the molecule is O=C1CCC(CNc2ccccc2Cl)CC1. The Morgan fingerprint density at radius 2 is 1.94 bits per heavy atom. The number of halogens is 1. The summed E-state index contributed by atoms with van der Waals surface area (Å²) in [5.41, 5.74) is 0.987. The molecular weight excluding hydrogens is 222 g/mol. The molecule has 0 heterocycles. The quantitative estimate of drug-likeness (QED) is 0.872. The minimum Gasteiger partial charge on any atom is -0.384 e. The number of hydrogen-bond acceptors (Lipinski definition) is 2. The van der Waals surface area contributed by atoms with E-state index in [1.54, 1.807) is 0 Å². The number of nitrogens with one attached hydrogen (secondary N) is 1. The normalized spacial score (nSPS) is 17.4. The van der Waals surface area contributed by atoms with Crippen molar-refractivity contribution in [3.05, 3.63) is 29.3 Å². The smallest absolute Gasteiger partial charge is 0.132 e. The van der Waals surface area contributed by atoms with E-state index in [9.17, 15) is 4.79 Å². The average Bonchev–Trinajstić information content (AvgIpc) is 2.30. The fourth-order valence-corrected chi connectivity index (χ4v) is 2.27. The molecule has 0 aromatic heterocycles. The third kappa shape index (κ3) is 2.99. The molecule has 0 saturated heterocycles. The molecule has 1 saturated carbocycles. The molecular formula is C13H16ClNO. The lowest BCUT2D eigenvalue weighted by Gasteiger charge is -2.21. The van der Waals surface area contributed by atoms with Gasteiger partial charge in [0.2, 0.25) is 0 Å². The first-order valence-electron chi connectivity index (χ1n) is 5.76. The van der Waals surface area contributed by atoms with Crippen LogP contribution in [0.3, 0.4) is 0 Å². The molecule has 0 atom stereocenters. The molecule has 0 bridgehead atoms. The molecule has 1 aromatic rings. The van der Waals surface area contributed by atoms with Gasteiger partial charge in [-0.2, -0.15) is 0 Å². The van der Waals surface area contributed by atoms with Gasteiger partial charge in [0.15, 0.2) is 0 Å². The predicted molar refractivity (Wildman–Crippen MR) is 66.9 cm³/mol. The van der Waals surface area contributed by atoms with Crippen LogP contribution < -0.4 is 5.32 Å². The van der Waals surface area contributed by atoms with Crippen molar-refractivity contribution in [2.75, 3.05) is 11.9 Å². The highest BCUT2D eigenvalue weighted by molar-refractivity contribution is 6.33. The highest BCUT2D eigenvalue weighted by Crippen LogP contribution is 2.24. The molecule has 86 valence electrons. The summed E-state index contributed by atoms with van der Waals surface area (Å²) < 4.78 is 0. The summed E-state index contributed by atoms with van der Waals surface area (Å²) in [6.07, 6.45) is 3.51. The average molecular weight is 238 g/mol. The lowest BCUT2D eigenvalue weighted by molar-refractivity contribution is -0.120. The molecule has 0 aliphatic heterocycles. The van der Waals surface area contributed by atoms with Crippen LogP contribution in [0.2, 0.25) is 5.02 Å². The molecule has 1 aliphatic rings. The van der Waals surface area contributed by atoms with Crippen LogP contribution in [0.15, 0.2) is 24.3 Å². The Balaban J connectivity index is 1.84. The van der Waals surface area contributed by atoms with Gasteiger partial charge in [-0.3, -0.25) is 4.79 Å². The van der Waals surface area contributed by atoms with Gasteiger partial charge in [0.1, 0.15) is 5.78 Å². The third-order valence-electron chi connectivity index (χ3n) is 3.12. The van der Waals surface area contributed by atoms with Gasteiger partial charge in [0, 0.05) is 19.4 Å². The Labute approximate surface area is 101 Å². The van der Waals surface area contributed by atoms with Crippen molar-refractivity contribution in [1.82, 2.24) is 0 Å². The number of carbonyl (C=O) groups is 1. The van der Waals surface area contributed by atoms with Crippen LogP contribution in [0.25, 0.3) is 0 Å². The second kappa shape index (κ2) is 5.35. The Morgan fingerprint density at radius 1 is 1.25 bits per heavy atom. The van der Waals surface area contributed by atoms with Crippen LogP contribution in [0.4, 0.5) is 5.69 Å². The van der Waals surface area contributed by atoms with Crippen molar-refractivity contribution in [3.8, 4) is 0 Å². The molecule has 0 radical (unpaired) electrons. The summed E-state index contributed by atoms with van der Waals surface area (Å²) >= 11 is 6.05. The van der Waals surface area contributed by atoms with Crippen molar-refractivity contribution in [1.29, 1.82) is 0 Å². The van der Waals surface area contributed by atoms with E-state index in [2.05, 4.69) is 5.32 Å². The largest absolute Gasteiger partial charge is 0.384 e. The number of Topliss-reactive ketones (excluding diaryl/α,β-unsaturated/α-hetero) is 1. The fraction of sp³-hybridized carbons (Fsp3) is 0.462. The zero-order valence-electron chi connectivity index (χ0n) is 9.21. The van der Waals surface area contributed by atoms with Gasteiger partial charge < -0.3 is 5.32 Å². The molecule has 2 nitrogen and oxygen atoms in total. The van der Waals surface area contributed by atoms with E-state index in [4.69, 9.17) is 11.6 Å². The molecule has 1 fully saturated rings. The van der Waals surface area contributed by atoms with Crippen LogP contribution in [0, 0.1) is 5.92 Å². The van der Waals surface area contributed by atoms with Gasteiger partial charge in [-0.05, 0) is 30.9 Å². The number of hydrogen-bond donors (Lipinski definition) is 1. The monoisotopic (exact) mass is 237 g/mol. The molecule has 1 aromatic carbocycles. The first kappa shape index (κ1) is 11.5. The number of carbonyl (C=O) groups excluding carboxylic acids is 1. The van der Waals surface area contributed by atoms with E-state index in [0.29, 0.717) is 11.7 Å². The highest BCUT2D eigenvalue weighted by Gasteiger charge is 2.18. The molecule has 1 aliphatic carbocycles. The Bertz CT molecular complexity index is 368. The molecule has 0 spiro atoms. The summed E-state index contributed by atoms with van der Waals surface area (Å²) in [6, 6.07) is 7.76. The van der Waals surface area contributed by atoms with Gasteiger partial charge in [0.25, 0.3) is 0 Å². The first-order chi connectivity index (χ1) is 7.75. The van der Waals surface area contributed by atoms with Crippen molar-refractivity contribution in [3.63, 3.8) is 0 Å². The summed E-state index contributed by atoms with van der Waals surface area (Å²) in [6.45, 7) is 0.914. The number of anilines is 1. The molecule has 3 heteroatoms. The molecule has 2 rings (SSSR count). The summed E-state index contributed by atoms with van der Waals surface area (Å²) in [5.74, 6) is 1.02. The van der Waals surface area contributed by atoms with Crippen LogP contribution in [0.5, 0.6) is 0 Å². The lowest BCUT2D eigenvalue weighted by Crippen LogP contribution is -2.21. The lowest BCUT2D eigenvalue weighted by atomic mass is 9.88. The number of benzene rings is 1. The third-order valence-corrected chi connectivity index (χ3v) is 3.45. The van der Waals surface area contributed by atoms with E-state index in [-0.39, 0.29) is 0 Å². The van der Waals surface area contributed by atoms with Crippen molar-refractivity contribution >= 4 is 23.1 Å². The maximum absolute atomic E-state index is 11.1. The van der Waals surface area contributed by atoms with E-state index in [0.717, 1.165) is 42.9 Å². The first-order valence-corrected chi connectivity index (χ1v) is 6.13. The van der Waals surface area contributed by atoms with Gasteiger partial charge in [-0.15, -0.1) is 0 Å². The maximum atomic E-state index is 11.1. The zero-order valence-corrected chi connectivity index (χ0v) is 9.96. The van der Waals surface area contributed by atoms with Crippen molar-refractivity contribution < 1.29 is 4.79 Å². The van der Waals surface area contributed by atoms with Gasteiger partial charge in [-0.25, -0.2) is 0 Å². The minimum absolute atomic E-state index is 0.411. The van der Waals surface area contributed by atoms with Crippen LogP contribution in [-0.2, 0) is 4.79 Å². The predicted octanol–water partition coefficient (Wildman–Crippen LogP) is 3.51. The van der Waals surface area contributed by atoms with Gasteiger partial charge >= 0.3 is 0 Å². The number of rotatable bonds is 3. The second-order valence-corrected chi connectivity index (χ2v) is 4.75. The zero-order chi connectivity index (χ0) is 11.4. The van der Waals surface area contributed by atoms with Crippen molar-refractivity contribution in [2.45, 2.75) is 25.7 Å². The molecule has 1 N–H and O–H groups in total. The summed E-state index contributed by atoms with van der Waals surface area (Å²) in [5, 5.41) is 4.11. The Morgan fingerprint density at radius 3 is 2.62 bits per heavy atom. The fourth-order valence-electron chi connectivity index (χ4n) is 2.06.